The zero-order chi connectivity index (χ0) is 15.8. The lowest BCUT2D eigenvalue weighted by Gasteiger charge is -2.21. The molecule has 0 radical (unpaired) electrons. The monoisotopic (exact) mass is 289 g/mol. The molecule has 0 aliphatic carbocycles. The second-order valence-electron chi connectivity index (χ2n) is 6.02. The summed E-state index contributed by atoms with van der Waals surface area (Å²) in [5.41, 5.74) is 0.871. The Bertz CT molecular complexity index is 711. The summed E-state index contributed by atoms with van der Waals surface area (Å²) in [6, 6.07) is 4.91. The molecule has 21 heavy (non-hydrogen) atoms. The predicted octanol–water partition coefficient (Wildman–Crippen LogP) is 1.96. The van der Waals surface area contributed by atoms with Gasteiger partial charge in [0.25, 0.3) is 0 Å². The van der Waals surface area contributed by atoms with E-state index >= 15 is 0 Å². The number of carbonyl (C=O) groups excluding carboxylic acids is 1. The molecular weight excluding hydrogens is 270 g/mol. The van der Waals surface area contributed by atoms with Gasteiger partial charge in [-0.1, -0.05) is 6.07 Å². The lowest BCUT2D eigenvalue weighted by atomic mass is 10.1. The fourth-order valence-electron chi connectivity index (χ4n) is 2.27. The summed E-state index contributed by atoms with van der Waals surface area (Å²) in [4.78, 5) is 27.8. The fourth-order valence-corrected chi connectivity index (χ4v) is 2.27. The number of para-hydroxylation sites is 1. The van der Waals surface area contributed by atoms with Crippen molar-refractivity contribution in [2.75, 3.05) is 0 Å². The van der Waals surface area contributed by atoms with Gasteiger partial charge in [-0.05, 0) is 39.8 Å². The number of aromatic carboxylic acids is 1. The van der Waals surface area contributed by atoms with Crippen molar-refractivity contribution < 1.29 is 14.7 Å². The summed E-state index contributed by atoms with van der Waals surface area (Å²) in [6.45, 7) is 7.49. The van der Waals surface area contributed by atoms with Crippen LogP contribution in [0.2, 0.25) is 0 Å². The molecular formula is C15H19N3O3. The maximum absolute atomic E-state index is 12.1. The zero-order valence-electron chi connectivity index (χ0n) is 12.6. The van der Waals surface area contributed by atoms with E-state index in [0.717, 1.165) is 0 Å². The fraction of sp³-hybridized carbons (Fsp3) is 0.400. The molecule has 1 amide bonds. The molecule has 0 aliphatic rings. The minimum Gasteiger partial charge on any atom is -0.478 e. The summed E-state index contributed by atoms with van der Waals surface area (Å²) < 4.78 is 1.64. The predicted molar refractivity (Wildman–Crippen MR) is 79.3 cm³/mol. The summed E-state index contributed by atoms with van der Waals surface area (Å²) in [5, 5.41) is 12.2. The molecule has 112 valence electrons. The van der Waals surface area contributed by atoms with Crippen molar-refractivity contribution in [2.24, 2.45) is 0 Å². The van der Waals surface area contributed by atoms with Gasteiger partial charge in [0.15, 0.2) is 0 Å². The quantitative estimate of drug-likeness (QED) is 0.904. The van der Waals surface area contributed by atoms with E-state index < -0.39 is 5.97 Å². The average molecular weight is 289 g/mol. The highest BCUT2D eigenvalue weighted by molar-refractivity contribution is 6.01. The molecule has 0 spiro atoms. The van der Waals surface area contributed by atoms with Crippen LogP contribution in [0, 0.1) is 6.92 Å². The van der Waals surface area contributed by atoms with E-state index in [2.05, 4.69) is 10.3 Å². The molecule has 0 bridgehead atoms. The van der Waals surface area contributed by atoms with Crippen LogP contribution in [0.15, 0.2) is 18.2 Å². The molecule has 2 aromatic rings. The van der Waals surface area contributed by atoms with Crippen molar-refractivity contribution in [1.29, 1.82) is 0 Å². The van der Waals surface area contributed by atoms with Gasteiger partial charge in [-0.15, -0.1) is 0 Å². The van der Waals surface area contributed by atoms with E-state index in [1.54, 1.807) is 23.6 Å². The second kappa shape index (κ2) is 5.20. The highest BCUT2D eigenvalue weighted by Crippen LogP contribution is 2.20. The smallest absolute Gasteiger partial charge is 0.337 e. The number of hydrogen-bond acceptors (Lipinski definition) is 3. The molecule has 1 aromatic carbocycles. The lowest BCUT2D eigenvalue weighted by Crippen LogP contribution is -2.42. The molecule has 1 heterocycles. The third-order valence-electron chi connectivity index (χ3n) is 3.00. The maximum Gasteiger partial charge on any atom is 0.337 e. The number of benzene rings is 1. The standard InChI is InChI=1S/C15H19N3O3/c1-9-16-11-7-5-6-10(14(20)21)13(11)18(9)8-12(19)17-15(2,3)4/h5-7H,8H2,1-4H3,(H,17,19)(H,20,21). The van der Waals surface area contributed by atoms with Crippen LogP contribution in [-0.2, 0) is 11.3 Å². The zero-order valence-corrected chi connectivity index (χ0v) is 12.6. The van der Waals surface area contributed by atoms with E-state index in [1.165, 1.54) is 6.07 Å². The van der Waals surface area contributed by atoms with Crippen molar-refractivity contribution in [3.05, 3.63) is 29.6 Å². The van der Waals surface area contributed by atoms with E-state index in [-0.39, 0.29) is 23.6 Å². The minimum atomic E-state index is -1.03. The van der Waals surface area contributed by atoms with Crippen LogP contribution < -0.4 is 5.32 Å². The van der Waals surface area contributed by atoms with Gasteiger partial charge < -0.3 is 15.0 Å². The van der Waals surface area contributed by atoms with E-state index in [1.807, 2.05) is 20.8 Å². The molecule has 6 heteroatoms. The molecule has 0 fully saturated rings. The van der Waals surface area contributed by atoms with Gasteiger partial charge in [-0.2, -0.15) is 0 Å². The summed E-state index contributed by atoms with van der Waals surface area (Å²) in [5.74, 6) is -0.592. The number of nitrogens with one attached hydrogen (secondary N) is 1. The van der Waals surface area contributed by atoms with Crippen LogP contribution >= 0.6 is 0 Å². The first-order chi connectivity index (χ1) is 9.69. The maximum atomic E-state index is 12.1. The SMILES string of the molecule is Cc1nc2cccc(C(=O)O)c2n1CC(=O)NC(C)(C)C. The molecule has 1 aromatic heterocycles. The first kappa shape index (κ1) is 15.0. The molecule has 0 saturated carbocycles. The van der Waals surface area contributed by atoms with Gasteiger partial charge in [-0.25, -0.2) is 9.78 Å². The van der Waals surface area contributed by atoms with Gasteiger partial charge in [0.2, 0.25) is 5.91 Å². The highest BCUT2D eigenvalue weighted by atomic mass is 16.4. The Hall–Kier alpha value is -2.37. The number of nitrogens with zero attached hydrogens (tertiary/aromatic N) is 2. The molecule has 0 saturated heterocycles. The lowest BCUT2D eigenvalue weighted by molar-refractivity contribution is -0.123. The van der Waals surface area contributed by atoms with Gasteiger partial charge in [0.05, 0.1) is 16.6 Å². The van der Waals surface area contributed by atoms with E-state index in [4.69, 9.17) is 0 Å². The number of hydrogen-bond donors (Lipinski definition) is 2. The molecule has 2 rings (SSSR count). The number of imidazole rings is 1. The van der Waals surface area contributed by atoms with Gasteiger partial charge in [0.1, 0.15) is 12.4 Å². The van der Waals surface area contributed by atoms with Crippen LogP contribution in [0.3, 0.4) is 0 Å². The van der Waals surface area contributed by atoms with Crippen LogP contribution in [-0.4, -0.2) is 32.1 Å². The Labute approximate surface area is 122 Å². The number of aryl methyl sites for hydroxylation is 1. The molecule has 0 aliphatic heterocycles. The highest BCUT2D eigenvalue weighted by Gasteiger charge is 2.19. The second-order valence-corrected chi connectivity index (χ2v) is 6.02. The summed E-state index contributed by atoms with van der Waals surface area (Å²) in [6.07, 6.45) is 0. The topological polar surface area (TPSA) is 84.2 Å². The Kier molecular flexibility index (Phi) is 3.72. The van der Waals surface area contributed by atoms with Crippen molar-refractivity contribution >= 4 is 22.9 Å². The third-order valence-corrected chi connectivity index (χ3v) is 3.00. The summed E-state index contributed by atoms with van der Waals surface area (Å²) in [7, 11) is 0. The Morgan fingerprint density at radius 3 is 2.57 bits per heavy atom. The van der Waals surface area contributed by atoms with Crippen LogP contribution in [0.1, 0.15) is 37.0 Å². The molecule has 0 unspecified atom stereocenters. The normalized spacial score (nSPS) is 11.6. The number of aromatic nitrogens is 2. The number of carboxylic acids is 1. The van der Waals surface area contributed by atoms with Crippen LogP contribution in [0.4, 0.5) is 0 Å². The van der Waals surface area contributed by atoms with E-state index in [9.17, 15) is 14.7 Å². The number of fused-ring (bicyclic) bond motifs is 1. The number of carboxylic acid groups (broad SMARTS) is 1. The van der Waals surface area contributed by atoms with Crippen molar-refractivity contribution in [1.82, 2.24) is 14.9 Å². The number of amides is 1. The van der Waals surface area contributed by atoms with Crippen LogP contribution in [0.25, 0.3) is 11.0 Å². The average Bonchev–Trinajstić information content (AvgIpc) is 2.63. The van der Waals surface area contributed by atoms with Gasteiger partial charge in [0, 0.05) is 5.54 Å². The van der Waals surface area contributed by atoms with Crippen molar-refractivity contribution in [3.8, 4) is 0 Å². The number of rotatable bonds is 3. The van der Waals surface area contributed by atoms with Gasteiger partial charge in [-0.3, -0.25) is 4.79 Å². The Morgan fingerprint density at radius 1 is 1.33 bits per heavy atom. The van der Waals surface area contributed by atoms with Crippen molar-refractivity contribution in [2.45, 2.75) is 39.8 Å². The Balaban J connectivity index is 2.46. The number of carbonyl (C=O) groups is 2. The van der Waals surface area contributed by atoms with E-state index in [0.29, 0.717) is 16.9 Å². The minimum absolute atomic E-state index is 0.0455. The third kappa shape index (κ3) is 3.21. The largest absolute Gasteiger partial charge is 0.478 e. The van der Waals surface area contributed by atoms with Crippen molar-refractivity contribution in [3.63, 3.8) is 0 Å². The first-order valence-electron chi connectivity index (χ1n) is 6.69. The Morgan fingerprint density at radius 2 is 2.00 bits per heavy atom. The molecule has 0 atom stereocenters. The van der Waals surface area contributed by atoms with Gasteiger partial charge >= 0.3 is 5.97 Å². The molecule has 2 N–H and O–H groups in total. The first-order valence-corrected chi connectivity index (χ1v) is 6.69. The summed E-state index contributed by atoms with van der Waals surface area (Å²) >= 11 is 0. The van der Waals surface area contributed by atoms with Crippen LogP contribution in [0.5, 0.6) is 0 Å². The molecule has 6 nitrogen and oxygen atoms in total.